The average Bonchev–Trinajstić information content (AvgIpc) is 2.78. The van der Waals surface area contributed by atoms with Crippen LogP contribution in [0.3, 0.4) is 0 Å². The third-order valence-electron chi connectivity index (χ3n) is 5.64. The summed E-state index contributed by atoms with van der Waals surface area (Å²) in [5, 5.41) is 3.50. The normalized spacial score (nSPS) is 14.1. The highest BCUT2D eigenvalue weighted by Crippen LogP contribution is 2.43. The molecular weight excluding hydrogens is 444 g/mol. The minimum Gasteiger partial charge on any atom is -0.354 e. The lowest BCUT2D eigenvalue weighted by molar-refractivity contribution is -0.119. The van der Waals surface area contributed by atoms with Crippen LogP contribution in [0.5, 0.6) is 0 Å². The smallest absolute Gasteiger partial charge is 0.265 e. The van der Waals surface area contributed by atoms with Gasteiger partial charge < -0.3 is 5.32 Å². The number of amides is 1. The first-order valence-electron chi connectivity index (χ1n) is 10.5. The summed E-state index contributed by atoms with van der Waals surface area (Å²) in [6, 6.07) is 20.1. The Kier molecular flexibility index (Phi) is 6.26. The van der Waals surface area contributed by atoms with E-state index in [-0.39, 0.29) is 17.3 Å². The van der Waals surface area contributed by atoms with Gasteiger partial charge in [0.25, 0.3) is 10.0 Å². The van der Waals surface area contributed by atoms with E-state index in [9.17, 15) is 13.2 Å². The summed E-state index contributed by atoms with van der Waals surface area (Å²) in [4.78, 5) is 12.9. The Labute approximate surface area is 194 Å². The quantitative estimate of drug-likeness (QED) is 0.553. The molecule has 0 radical (unpaired) electrons. The van der Waals surface area contributed by atoms with Crippen LogP contribution >= 0.6 is 11.6 Å². The minimum atomic E-state index is -3.85. The monoisotopic (exact) mass is 468 g/mol. The molecule has 32 heavy (non-hydrogen) atoms. The van der Waals surface area contributed by atoms with Gasteiger partial charge in [0.2, 0.25) is 5.91 Å². The third-order valence-corrected chi connectivity index (χ3v) is 7.71. The Morgan fingerprint density at radius 2 is 1.72 bits per heavy atom. The summed E-state index contributed by atoms with van der Waals surface area (Å²) >= 11 is 5.90. The molecule has 3 aromatic carbocycles. The first kappa shape index (κ1) is 22.4. The number of carbonyl (C=O) groups excluding carboxylic acids is 1. The van der Waals surface area contributed by atoms with Gasteiger partial charge >= 0.3 is 0 Å². The second kappa shape index (κ2) is 8.96. The van der Waals surface area contributed by atoms with Crippen molar-refractivity contribution >= 4 is 33.2 Å². The van der Waals surface area contributed by atoms with Crippen molar-refractivity contribution in [3.63, 3.8) is 0 Å². The predicted octanol–water partition coefficient (Wildman–Crippen LogP) is 5.00. The number of sulfonamides is 1. The van der Waals surface area contributed by atoms with Crippen molar-refractivity contribution in [2.45, 2.75) is 31.1 Å². The molecule has 5 nitrogen and oxygen atoms in total. The van der Waals surface area contributed by atoms with Crippen LogP contribution in [0.25, 0.3) is 11.1 Å². The highest BCUT2D eigenvalue weighted by molar-refractivity contribution is 7.93. The molecule has 1 heterocycles. The number of anilines is 1. The molecule has 0 unspecified atom stereocenters. The minimum absolute atomic E-state index is 0.224. The van der Waals surface area contributed by atoms with Gasteiger partial charge in [0.15, 0.2) is 0 Å². The molecule has 0 spiro atoms. The van der Waals surface area contributed by atoms with E-state index in [4.69, 9.17) is 11.6 Å². The number of fused-ring (bicyclic) bond motifs is 3. The largest absolute Gasteiger partial charge is 0.354 e. The topological polar surface area (TPSA) is 66.5 Å². The predicted molar refractivity (Wildman–Crippen MR) is 129 cm³/mol. The molecule has 7 heteroatoms. The lowest BCUT2D eigenvalue weighted by atomic mass is 9.95. The maximum atomic E-state index is 13.4. The number of rotatable bonds is 6. The third kappa shape index (κ3) is 4.38. The molecule has 0 saturated heterocycles. The van der Waals surface area contributed by atoms with Crippen molar-refractivity contribution in [1.82, 2.24) is 5.32 Å². The van der Waals surface area contributed by atoms with Gasteiger partial charge in [0, 0.05) is 22.7 Å². The van der Waals surface area contributed by atoms with E-state index in [0.717, 1.165) is 16.7 Å². The first-order valence-corrected chi connectivity index (χ1v) is 12.4. The van der Waals surface area contributed by atoms with Crippen LogP contribution in [0.4, 0.5) is 5.69 Å². The van der Waals surface area contributed by atoms with E-state index in [0.29, 0.717) is 35.2 Å². The Hall–Kier alpha value is -2.83. The van der Waals surface area contributed by atoms with Gasteiger partial charge in [-0.2, -0.15) is 0 Å². The zero-order valence-corrected chi connectivity index (χ0v) is 19.6. The zero-order chi connectivity index (χ0) is 22.9. The van der Waals surface area contributed by atoms with E-state index in [1.807, 2.05) is 36.4 Å². The second-order valence-corrected chi connectivity index (χ2v) is 10.4. The standard InChI is InChI=1S/C25H25ClN2O3S/c1-17(2)19-9-12-23-22(15-19)21-5-3-4-6-24(21)32(30,31)28(23)16-25(29)27-14-13-18-7-10-20(26)11-8-18/h3-12,15,17H,13-14,16H2,1-2H3,(H,27,29). The summed E-state index contributed by atoms with van der Waals surface area (Å²) < 4.78 is 28.0. The van der Waals surface area contributed by atoms with Crippen LogP contribution in [0, 0.1) is 0 Å². The number of hydrogen-bond acceptors (Lipinski definition) is 3. The van der Waals surface area contributed by atoms with Crippen molar-refractivity contribution in [3.8, 4) is 11.1 Å². The maximum Gasteiger partial charge on any atom is 0.265 e. The van der Waals surface area contributed by atoms with Gasteiger partial charge in [-0.3, -0.25) is 9.10 Å². The lowest BCUT2D eigenvalue weighted by Gasteiger charge is -2.32. The highest BCUT2D eigenvalue weighted by atomic mass is 35.5. The number of carbonyl (C=O) groups is 1. The Bertz CT molecular complexity index is 1250. The molecule has 1 aliphatic rings. The number of hydrogen-bond donors (Lipinski definition) is 1. The fourth-order valence-electron chi connectivity index (χ4n) is 3.86. The van der Waals surface area contributed by atoms with Gasteiger partial charge in [-0.05, 0) is 53.8 Å². The second-order valence-electron chi connectivity index (χ2n) is 8.17. The molecule has 0 fully saturated rings. The van der Waals surface area contributed by atoms with Gasteiger partial charge in [0.1, 0.15) is 6.54 Å². The van der Waals surface area contributed by atoms with Crippen LogP contribution in [0.1, 0.15) is 30.9 Å². The van der Waals surface area contributed by atoms with Crippen molar-refractivity contribution in [2.24, 2.45) is 0 Å². The Balaban J connectivity index is 1.58. The van der Waals surface area contributed by atoms with Crippen LogP contribution in [-0.4, -0.2) is 27.4 Å². The van der Waals surface area contributed by atoms with Crippen LogP contribution in [0.2, 0.25) is 5.02 Å². The van der Waals surface area contributed by atoms with Crippen LogP contribution in [0.15, 0.2) is 71.6 Å². The van der Waals surface area contributed by atoms with E-state index in [1.54, 1.807) is 30.3 Å². The molecule has 0 aliphatic carbocycles. The highest BCUT2D eigenvalue weighted by Gasteiger charge is 2.36. The van der Waals surface area contributed by atoms with Crippen LogP contribution in [-0.2, 0) is 21.2 Å². The summed E-state index contributed by atoms with van der Waals surface area (Å²) in [6.07, 6.45) is 0.632. The fraction of sp³-hybridized carbons (Fsp3) is 0.240. The van der Waals surface area contributed by atoms with Gasteiger partial charge in [-0.1, -0.05) is 61.8 Å². The Morgan fingerprint density at radius 1 is 1.00 bits per heavy atom. The first-order chi connectivity index (χ1) is 15.3. The molecule has 1 N–H and O–H groups in total. The SMILES string of the molecule is CC(C)c1ccc2c(c1)-c1ccccc1S(=O)(=O)N2CC(=O)NCCc1ccc(Cl)cc1. The summed E-state index contributed by atoms with van der Waals surface area (Å²) in [5.74, 6) is -0.0450. The molecule has 1 aliphatic heterocycles. The molecule has 3 aromatic rings. The fourth-order valence-corrected chi connectivity index (χ4v) is 5.64. The van der Waals surface area contributed by atoms with Crippen molar-refractivity contribution in [3.05, 3.63) is 82.9 Å². The van der Waals surface area contributed by atoms with E-state index in [1.165, 1.54) is 4.31 Å². The number of nitrogens with zero attached hydrogens (tertiary/aromatic N) is 1. The molecule has 1 amide bonds. The van der Waals surface area contributed by atoms with Crippen molar-refractivity contribution in [2.75, 3.05) is 17.4 Å². The molecule has 4 rings (SSSR count). The average molecular weight is 469 g/mol. The Morgan fingerprint density at radius 3 is 2.44 bits per heavy atom. The molecule has 0 bridgehead atoms. The summed E-state index contributed by atoms with van der Waals surface area (Å²) in [5.41, 5.74) is 4.19. The maximum absolute atomic E-state index is 13.4. The van der Waals surface area contributed by atoms with Gasteiger partial charge in [0.05, 0.1) is 10.6 Å². The van der Waals surface area contributed by atoms with Crippen molar-refractivity contribution < 1.29 is 13.2 Å². The van der Waals surface area contributed by atoms with Gasteiger partial charge in [-0.15, -0.1) is 0 Å². The van der Waals surface area contributed by atoms with Crippen molar-refractivity contribution in [1.29, 1.82) is 0 Å². The summed E-state index contributed by atoms with van der Waals surface area (Å²) in [7, 11) is -3.85. The molecular formula is C25H25ClN2O3S. The van der Waals surface area contributed by atoms with Gasteiger partial charge in [-0.25, -0.2) is 8.42 Å². The number of benzene rings is 3. The number of halogens is 1. The van der Waals surface area contributed by atoms with E-state index < -0.39 is 10.0 Å². The van der Waals surface area contributed by atoms with Crippen LogP contribution < -0.4 is 9.62 Å². The number of nitrogens with one attached hydrogen (secondary N) is 1. The molecule has 0 aromatic heterocycles. The molecule has 0 atom stereocenters. The summed E-state index contributed by atoms with van der Waals surface area (Å²) in [6.45, 7) is 4.33. The van der Waals surface area contributed by atoms with E-state index in [2.05, 4.69) is 19.2 Å². The molecule has 0 saturated carbocycles. The molecule has 166 valence electrons. The lowest BCUT2D eigenvalue weighted by Crippen LogP contribution is -2.43. The zero-order valence-electron chi connectivity index (χ0n) is 18.0. The van der Waals surface area contributed by atoms with E-state index >= 15 is 0 Å².